The molecule has 2 unspecified atom stereocenters. The third kappa shape index (κ3) is 2.95. The molecule has 92 valence electrons. The molecule has 3 N–H and O–H groups in total. The normalized spacial score (nSPS) is 23.8. The van der Waals surface area contributed by atoms with Crippen LogP contribution in [0.5, 0.6) is 0 Å². The minimum absolute atomic E-state index is 0.0875. The van der Waals surface area contributed by atoms with Crippen LogP contribution in [-0.2, 0) is 9.59 Å². The molecule has 16 heavy (non-hydrogen) atoms. The molecular weight excluding hydrogens is 208 g/mol. The quantitative estimate of drug-likeness (QED) is 0.634. The summed E-state index contributed by atoms with van der Waals surface area (Å²) in [5, 5.41) is 14.9. The summed E-state index contributed by atoms with van der Waals surface area (Å²) in [6, 6.07) is 0. The predicted octanol–water partition coefficient (Wildman–Crippen LogP) is 0.355. The molecule has 5 heteroatoms. The number of carbonyl (C=O) groups excluding carboxylic acids is 1. The first-order chi connectivity index (χ1) is 7.49. The highest BCUT2D eigenvalue weighted by Gasteiger charge is 2.36. The summed E-state index contributed by atoms with van der Waals surface area (Å²) in [5.41, 5.74) is -1.13. The van der Waals surface area contributed by atoms with Crippen molar-refractivity contribution in [1.29, 1.82) is 0 Å². The van der Waals surface area contributed by atoms with E-state index in [-0.39, 0.29) is 11.8 Å². The summed E-state index contributed by atoms with van der Waals surface area (Å²) in [7, 11) is 0. The van der Waals surface area contributed by atoms with E-state index >= 15 is 0 Å². The second-order valence-corrected chi connectivity index (χ2v) is 4.57. The van der Waals surface area contributed by atoms with Gasteiger partial charge in [-0.2, -0.15) is 0 Å². The van der Waals surface area contributed by atoms with Crippen LogP contribution >= 0.6 is 0 Å². The number of aliphatic carboxylic acids is 1. The Morgan fingerprint density at radius 2 is 2.25 bits per heavy atom. The molecule has 0 saturated carbocycles. The van der Waals surface area contributed by atoms with E-state index in [2.05, 4.69) is 10.6 Å². The van der Waals surface area contributed by atoms with Crippen LogP contribution in [-0.4, -0.2) is 35.6 Å². The average Bonchev–Trinajstić information content (AvgIpc) is 2.70. The summed E-state index contributed by atoms with van der Waals surface area (Å²) in [5.74, 6) is -1.20. The molecule has 0 aromatic rings. The van der Waals surface area contributed by atoms with Crippen LogP contribution in [0, 0.1) is 5.92 Å². The zero-order valence-electron chi connectivity index (χ0n) is 9.88. The Bertz CT molecular complexity index is 274. The van der Waals surface area contributed by atoms with Crippen molar-refractivity contribution in [2.75, 3.05) is 13.1 Å². The monoisotopic (exact) mass is 228 g/mol. The van der Waals surface area contributed by atoms with E-state index in [1.165, 1.54) is 0 Å². The number of nitrogens with one attached hydrogen (secondary N) is 2. The van der Waals surface area contributed by atoms with Crippen LogP contribution in [0.15, 0.2) is 0 Å². The third-order valence-corrected chi connectivity index (χ3v) is 3.05. The average molecular weight is 228 g/mol. The lowest BCUT2D eigenvalue weighted by atomic mass is 9.95. The van der Waals surface area contributed by atoms with Crippen molar-refractivity contribution in [3.8, 4) is 0 Å². The van der Waals surface area contributed by atoms with Gasteiger partial charge >= 0.3 is 5.97 Å². The molecule has 0 radical (unpaired) electrons. The summed E-state index contributed by atoms with van der Waals surface area (Å²) in [6.07, 6.45) is 1.97. The van der Waals surface area contributed by atoms with Crippen molar-refractivity contribution in [3.05, 3.63) is 0 Å². The van der Waals surface area contributed by atoms with Gasteiger partial charge in [-0.3, -0.25) is 4.79 Å². The molecular formula is C11H20N2O3. The second kappa shape index (κ2) is 5.30. The Morgan fingerprint density at radius 3 is 2.69 bits per heavy atom. The van der Waals surface area contributed by atoms with Crippen LogP contribution < -0.4 is 10.6 Å². The maximum atomic E-state index is 11.8. The predicted molar refractivity (Wildman–Crippen MR) is 60.1 cm³/mol. The lowest BCUT2D eigenvalue weighted by Crippen LogP contribution is -2.54. The molecule has 1 heterocycles. The number of hydrogen-bond acceptors (Lipinski definition) is 3. The number of carboxylic acid groups (broad SMARTS) is 1. The van der Waals surface area contributed by atoms with Gasteiger partial charge < -0.3 is 15.7 Å². The molecule has 1 aliphatic rings. The van der Waals surface area contributed by atoms with Crippen molar-refractivity contribution in [2.45, 2.75) is 38.6 Å². The fourth-order valence-corrected chi connectivity index (χ4v) is 1.98. The smallest absolute Gasteiger partial charge is 0.329 e. The Kier molecular flexibility index (Phi) is 4.29. The number of hydrogen-bond donors (Lipinski definition) is 3. The molecule has 2 atom stereocenters. The summed E-state index contributed by atoms with van der Waals surface area (Å²) >= 11 is 0. The van der Waals surface area contributed by atoms with Crippen molar-refractivity contribution >= 4 is 11.9 Å². The van der Waals surface area contributed by atoms with Gasteiger partial charge in [0.2, 0.25) is 5.91 Å². The molecule has 1 saturated heterocycles. The molecule has 1 amide bonds. The molecule has 1 rings (SSSR count). The second-order valence-electron chi connectivity index (χ2n) is 4.57. The molecule has 0 aliphatic carbocycles. The summed E-state index contributed by atoms with van der Waals surface area (Å²) in [4.78, 5) is 23.0. The van der Waals surface area contributed by atoms with E-state index in [1.807, 2.05) is 6.92 Å². The van der Waals surface area contributed by atoms with Crippen LogP contribution in [0.2, 0.25) is 0 Å². The number of carbonyl (C=O) groups is 2. The molecule has 0 bridgehead atoms. The van der Waals surface area contributed by atoms with Gasteiger partial charge in [-0.15, -0.1) is 0 Å². The fraction of sp³-hybridized carbons (Fsp3) is 0.818. The van der Waals surface area contributed by atoms with Gasteiger partial charge in [0.15, 0.2) is 0 Å². The van der Waals surface area contributed by atoms with Gasteiger partial charge in [0.1, 0.15) is 5.54 Å². The van der Waals surface area contributed by atoms with Gasteiger partial charge in [0, 0.05) is 6.54 Å². The minimum Gasteiger partial charge on any atom is -0.480 e. The van der Waals surface area contributed by atoms with Crippen molar-refractivity contribution in [2.24, 2.45) is 5.92 Å². The van der Waals surface area contributed by atoms with Crippen LogP contribution in [0.1, 0.15) is 33.1 Å². The van der Waals surface area contributed by atoms with Gasteiger partial charge in [-0.1, -0.05) is 13.3 Å². The van der Waals surface area contributed by atoms with Crippen molar-refractivity contribution < 1.29 is 14.7 Å². The SMILES string of the molecule is CCCC(C)(NC(=O)C1CCNC1)C(=O)O. The van der Waals surface area contributed by atoms with Gasteiger partial charge in [-0.25, -0.2) is 4.79 Å². The fourth-order valence-electron chi connectivity index (χ4n) is 1.98. The zero-order chi connectivity index (χ0) is 12.2. The Labute approximate surface area is 95.6 Å². The summed E-state index contributed by atoms with van der Waals surface area (Å²) < 4.78 is 0. The first kappa shape index (κ1) is 13.0. The van der Waals surface area contributed by atoms with Crippen molar-refractivity contribution in [1.82, 2.24) is 10.6 Å². The Balaban J connectivity index is 2.60. The lowest BCUT2D eigenvalue weighted by molar-refractivity contribution is -0.147. The first-order valence-corrected chi connectivity index (χ1v) is 5.75. The maximum Gasteiger partial charge on any atom is 0.329 e. The molecule has 0 aromatic heterocycles. The highest BCUT2D eigenvalue weighted by atomic mass is 16.4. The van der Waals surface area contributed by atoms with E-state index < -0.39 is 11.5 Å². The third-order valence-electron chi connectivity index (χ3n) is 3.05. The molecule has 0 aromatic carbocycles. The Morgan fingerprint density at radius 1 is 1.56 bits per heavy atom. The Hall–Kier alpha value is -1.10. The lowest BCUT2D eigenvalue weighted by Gasteiger charge is -2.27. The maximum absolute atomic E-state index is 11.8. The number of carboxylic acids is 1. The molecule has 1 aliphatic heterocycles. The number of amides is 1. The minimum atomic E-state index is -1.13. The van der Waals surface area contributed by atoms with Gasteiger partial charge in [-0.05, 0) is 26.3 Å². The molecule has 5 nitrogen and oxygen atoms in total. The topological polar surface area (TPSA) is 78.4 Å². The van der Waals surface area contributed by atoms with Gasteiger partial charge in [0.25, 0.3) is 0 Å². The number of rotatable bonds is 5. The molecule has 0 spiro atoms. The largest absolute Gasteiger partial charge is 0.480 e. The van der Waals surface area contributed by atoms with E-state index in [9.17, 15) is 9.59 Å². The standard InChI is InChI=1S/C11H20N2O3/c1-3-5-11(2,10(15)16)13-9(14)8-4-6-12-7-8/h8,12H,3-7H2,1-2H3,(H,13,14)(H,15,16). The van der Waals surface area contributed by atoms with Crippen LogP contribution in [0.25, 0.3) is 0 Å². The van der Waals surface area contributed by atoms with E-state index in [0.717, 1.165) is 19.4 Å². The highest BCUT2D eigenvalue weighted by Crippen LogP contribution is 2.15. The van der Waals surface area contributed by atoms with E-state index in [0.29, 0.717) is 13.0 Å². The summed E-state index contributed by atoms with van der Waals surface area (Å²) in [6.45, 7) is 4.95. The van der Waals surface area contributed by atoms with Gasteiger partial charge in [0.05, 0.1) is 5.92 Å². The zero-order valence-corrected chi connectivity index (χ0v) is 9.88. The highest BCUT2D eigenvalue weighted by molar-refractivity contribution is 5.88. The van der Waals surface area contributed by atoms with Crippen LogP contribution in [0.4, 0.5) is 0 Å². The first-order valence-electron chi connectivity index (χ1n) is 5.75. The van der Waals surface area contributed by atoms with E-state index in [4.69, 9.17) is 5.11 Å². The molecule has 1 fully saturated rings. The van der Waals surface area contributed by atoms with E-state index in [1.54, 1.807) is 6.92 Å². The van der Waals surface area contributed by atoms with Crippen LogP contribution in [0.3, 0.4) is 0 Å². The van der Waals surface area contributed by atoms with Crippen molar-refractivity contribution in [3.63, 3.8) is 0 Å².